The molecule has 0 amide bonds. The van der Waals surface area contributed by atoms with Crippen LogP contribution in [0.25, 0.3) is 0 Å². The smallest absolute Gasteiger partial charge is 0.216 e. The van der Waals surface area contributed by atoms with Crippen LogP contribution < -0.4 is 10.1 Å². The second kappa shape index (κ2) is 7.08. The van der Waals surface area contributed by atoms with Gasteiger partial charge in [-0.25, -0.2) is 18.7 Å². The molecular formula is C15H17F2N3O. The van der Waals surface area contributed by atoms with Crippen LogP contribution in [0.1, 0.15) is 24.2 Å². The van der Waals surface area contributed by atoms with E-state index in [1.165, 1.54) is 31.6 Å². The Hall–Kier alpha value is -2.08. The number of benzene rings is 1. The van der Waals surface area contributed by atoms with E-state index in [1.54, 1.807) is 6.07 Å². The zero-order valence-corrected chi connectivity index (χ0v) is 11.9. The van der Waals surface area contributed by atoms with Gasteiger partial charge >= 0.3 is 0 Å². The van der Waals surface area contributed by atoms with Crippen LogP contribution in [0.5, 0.6) is 5.88 Å². The highest BCUT2D eigenvalue weighted by Crippen LogP contribution is 2.22. The standard InChI is InChI=1S/C15H17F2N3O/c1-3-18-13(14-8-15(21-2)20-9-19-14)7-10-11(16)5-4-6-12(10)17/h4-6,8-9,13,18H,3,7H2,1-2H3. The molecule has 0 aliphatic heterocycles. The van der Waals surface area contributed by atoms with Crippen molar-refractivity contribution in [2.45, 2.75) is 19.4 Å². The quantitative estimate of drug-likeness (QED) is 0.889. The van der Waals surface area contributed by atoms with Gasteiger partial charge in [-0.3, -0.25) is 0 Å². The van der Waals surface area contributed by atoms with E-state index in [4.69, 9.17) is 4.74 Å². The van der Waals surface area contributed by atoms with E-state index in [-0.39, 0.29) is 18.0 Å². The van der Waals surface area contributed by atoms with Crippen LogP contribution in [0.15, 0.2) is 30.6 Å². The molecule has 6 heteroatoms. The number of halogens is 2. The molecule has 0 radical (unpaired) electrons. The summed E-state index contributed by atoms with van der Waals surface area (Å²) in [4.78, 5) is 8.10. The Bertz CT molecular complexity index is 587. The Balaban J connectivity index is 2.30. The van der Waals surface area contributed by atoms with Gasteiger partial charge in [0.25, 0.3) is 0 Å². The predicted octanol–water partition coefficient (Wildman–Crippen LogP) is 2.66. The molecular weight excluding hydrogens is 276 g/mol. The normalized spacial score (nSPS) is 12.2. The fraction of sp³-hybridized carbons (Fsp3) is 0.333. The largest absolute Gasteiger partial charge is 0.481 e. The number of aromatic nitrogens is 2. The molecule has 4 nitrogen and oxygen atoms in total. The fourth-order valence-electron chi connectivity index (χ4n) is 2.11. The van der Waals surface area contributed by atoms with E-state index in [0.29, 0.717) is 18.1 Å². The van der Waals surface area contributed by atoms with E-state index >= 15 is 0 Å². The van der Waals surface area contributed by atoms with Gasteiger partial charge in [0.2, 0.25) is 5.88 Å². The summed E-state index contributed by atoms with van der Waals surface area (Å²) in [5.41, 5.74) is 0.674. The Kier molecular flexibility index (Phi) is 5.16. The monoisotopic (exact) mass is 293 g/mol. The molecule has 1 heterocycles. The zero-order chi connectivity index (χ0) is 15.2. The SMILES string of the molecule is CCNC(Cc1c(F)cccc1F)c1cc(OC)ncn1. The van der Waals surface area contributed by atoms with Crippen LogP contribution >= 0.6 is 0 Å². The summed E-state index contributed by atoms with van der Waals surface area (Å²) in [6.45, 7) is 2.57. The number of ether oxygens (including phenoxy) is 1. The average Bonchev–Trinajstić information content (AvgIpc) is 2.50. The summed E-state index contributed by atoms with van der Waals surface area (Å²) in [5.74, 6) is -0.699. The third-order valence-corrected chi connectivity index (χ3v) is 3.15. The lowest BCUT2D eigenvalue weighted by atomic mass is 10.0. The van der Waals surface area contributed by atoms with Gasteiger partial charge in [-0.2, -0.15) is 0 Å². The third kappa shape index (κ3) is 3.72. The van der Waals surface area contributed by atoms with Crippen LogP contribution in [-0.4, -0.2) is 23.6 Å². The van der Waals surface area contributed by atoms with Crippen LogP contribution in [0.4, 0.5) is 8.78 Å². The van der Waals surface area contributed by atoms with Crippen LogP contribution in [0.3, 0.4) is 0 Å². The number of hydrogen-bond donors (Lipinski definition) is 1. The van der Waals surface area contributed by atoms with Gasteiger partial charge in [0.05, 0.1) is 18.8 Å². The molecule has 1 unspecified atom stereocenters. The van der Waals surface area contributed by atoms with Gasteiger partial charge in [0.1, 0.15) is 18.0 Å². The topological polar surface area (TPSA) is 47.0 Å². The van der Waals surface area contributed by atoms with E-state index in [0.717, 1.165) is 0 Å². The molecule has 112 valence electrons. The first kappa shape index (κ1) is 15.3. The summed E-state index contributed by atoms with van der Waals surface area (Å²) in [6, 6.07) is 5.19. The lowest BCUT2D eigenvalue weighted by Gasteiger charge is -2.18. The van der Waals surface area contributed by atoms with E-state index in [9.17, 15) is 8.78 Å². The number of hydrogen-bond acceptors (Lipinski definition) is 4. The van der Waals surface area contributed by atoms with Crippen molar-refractivity contribution in [3.05, 3.63) is 53.5 Å². The van der Waals surface area contributed by atoms with Gasteiger partial charge < -0.3 is 10.1 Å². The lowest BCUT2D eigenvalue weighted by Crippen LogP contribution is -2.25. The number of nitrogens with one attached hydrogen (secondary N) is 1. The number of likely N-dealkylation sites (N-methyl/N-ethyl adjacent to an activating group) is 1. The molecule has 2 aromatic rings. The maximum Gasteiger partial charge on any atom is 0.216 e. The van der Waals surface area contributed by atoms with Crippen molar-refractivity contribution < 1.29 is 13.5 Å². The maximum absolute atomic E-state index is 13.8. The minimum absolute atomic E-state index is 0.0426. The van der Waals surface area contributed by atoms with Gasteiger partial charge in [-0.15, -0.1) is 0 Å². The van der Waals surface area contributed by atoms with Gasteiger partial charge in [0, 0.05) is 11.6 Å². The summed E-state index contributed by atoms with van der Waals surface area (Å²) >= 11 is 0. The number of rotatable bonds is 6. The summed E-state index contributed by atoms with van der Waals surface area (Å²) in [5, 5.41) is 3.17. The molecule has 0 bridgehead atoms. The highest BCUT2D eigenvalue weighted by molar-refractivity contribution is 5.24. The zero-order valence-electron chi connectivity index (χ0n) is 11.9. The molecule has 0 aliphatic carbocycles. The number of nitrogens with zero attached hydrogens (tertiary/aromatic N) is 2. The predicted molar refractivity (Wildman–Crippen MR) is 75.1 cm³/mol. The third-order valence-electron chi connectivity index (χ3n) is 3.15. The molecule has 1 N–H and O–H groups in total. The van der Waals surface area contributed by atoms with Crippen LogP contribution in [0, 0.1) is 11.6 Å². The Morgan fingerprint density at radius 2 is 1.95 bits per heavy atom. The summed E-state index contributed by atoms with van der Waals surface area (Å²) in [7, 11) is 1.50. The Morgan fingerprint density at radius 3 is 2.57 bits per heavy atom. The van der Waals surface area contributed by atoms with Gasteiger partial charge in [-0.1, -0.05) is 13.0 Å². The molecule has 0 saturated heterocycles. The molecule has 0 aliphatic rings. The highest BCUT2D eigenvalue weighted by atomic mass is 19.1. The van der Waals surface area contributed by atoms with Gasteiger partial charge in [0.15, 0.2) is 0 Å². The Labute approximate surface area is 122 Å². The highest BCUT2D eigenvalue weighted by Gasteiger charge is 2.18. The van der Waals surface area contributed by atoms with Crippen molar-refractivity contribution in [2.75, 3.05) is 13.7 Å². The molecule has 2 rings (SSSR count). The molecule has 0 spiro atoms. The second-order valence-electron chi connectivity index (χ2n) is 4.50. The first-order valence-corrected chi connectivity index (χ1v) is 6.68. The Morgan fingerprint density at radius 1 is 1.24 bits per heavy atom. The van der Waals surface area contributed by atoms with Crippen molar-refractivity contribution in [3.63, 3.8) is 0 Å². The minimum Gasteiger partial charge on any atom is -0.481 e. The summed E-state index contributed by atoms with van der Waals surface area (Å²) in [6.07, 6.45) is 1.53. The first-order chi connectivity index (χ1) is 10.2. The molecule has 1 aromatic heterocycles. The second-order valence-corrected chi connectivity index (χ2v) is 4.50. The van der Waals surface area contributed by atoms with Crippen molar-refractivity contribution in [1.82, 2.24) is 15.3 Å². The van der Waals surface area contributed by atoms with Crippen molar-refractivity contribution in [1.29, 1.82) is 0 Å². The van der Waals surface area contributed by atoms with E-state index in [1.807, 2.05) is 6.92 Å². The number of methoxy groups -OCH3 is 1. The van der Waals surface area contributed by atoms with Gasteiger partial charge in [-0.05, 0) is 25.1 Å². The summed E-state index contributed by atoms with van der Waals surface area (Å²) < 4.78 is 32.6. The lowest BCUT2D eigenvalue weighted by molar-refractivity contribution is 0.393. The average molecular weight is 293 g/mol. The van der Waals surface area contributed by atoms with E-state index in [2.05, 4.69) is 15.3 Å². The fourth-order valence-corrected chi connectivity index (χ4v) is 2.11. The molecule has 1 atom stereocenters. The molecule has 1 aromatic carbocycles. The first-order valence-electron chi connectivity index (χ1n) is 6.68. The van der Waals surface area contributed by atoms with Crippen LogP contribution in [0.2, 0.25) is 0 Å². The van der Waals surface area contributed by atoms with Crippen molar-refractivity contribution in [3.8, 4) is 5.88 Å². The van der Waals surface area contributed by atoms with Crippen molar-refractivity contribution in [2.24, 2.45) is 0 Å². The van der Waals surface area contributed by atoms with Crippen LogP contribution in [-0.2, 0) is 6.42 Å². The maximum atomic E-state index is 13.8. The molecule has 0 saturated carbocycles. The van der Waals surface area contributed by atoms with Crippen molar-refractivity contribution >= 4 is 0 Å². The minimum atomic E-state index is -0.557. The molecule has 21 heavy (non-hydrogen) atoms. The molecule has 0 fully saturated rings. The van der Waals surface area contributed by atoms with E-state index < -0.39 is 11.6 Å².